The molecule has 4 N–H and O–H groups in total. The Bertz CT molecular complexity index is 1100. The molecule has 0 aliphatic heterocycles. The summed E-state index contributed by atoms with van der Waals surface area (Å²) in [5.74, 6) is -2.06. The number of benzene rings is 1. The summed E-state index contributed by atoms with van der Waals surface area (Å²) in [7, 11) is 0. The molecule has 2 aromatic heterocycles. The molecule has 30 heavy (non-hydrogen) atoms. The number of nitrogens with two attached hydrogens (primary N) is 1. The number of carbonyl (C=O) groups is 1. The molecule has 0 spiro atoms. The fraction of sp³-hybridized carbons (Fsp3) is 0.238. The van der Waals surface area contributed by atoms with Crippen molar-refractivity contribution in [1.82, 2.24) is 15.2 Å². The molecule has 9 heteroatoms. The van der Waals surface area contributed by atoms with Crippen LogP contribution in [-0.2, 0) is 5.41 Å². The Hall–Kier alpha value is -3.62. The van der Waals surface area contributed by atoms with Gasteiger partial charge < -0.3 is 16.2 Å². The van der Waals surface area contributed by atoms with Crippen molar-refractivity contribution in [2.45, 2.75) is 24.7 Å². The van der Waals surface area contributed by atoms with Gasteiger partial charge in [-0.2, -0.15) is 0 Å². The minimum absolute atomic E-state index is 0.00771. The molecule has 0 unspecified atom stereocenters. The molecule has 1 aromatic carbocycles. The van der Waals surface area contributed by atoms with Crippen molar-refractivity contribution >= 4 is 11.7 Å². The summed E-state index contributed by atoms with van der Waals surface area (Å²) in [6.07, 6.45) is 4.20. The van der Waals surface area contributed by atoms with Gasteiger partial charge in [-0.3, -0.25) is 9.78 Å². The predicted molar refractivity (Wildman–Crippen MR) is 106 cm³/mol. The van der Waals surface area contributed by atoms with E-state index >= 15 is 0 Å². The van der Waals surface area contributed by atoms with E-state index in [-0.39, 0.29) is 22.6 Å². The van der Waals surface area contributed by atoms with Crippen LogP contribution in [0.5, 0.6) is 5.75 Å². The number of nitrogens with zero attached hydrogens (tertiary/aromatic N) is 3. The second-order valence-electron chi connectivity index (χ2n) is 7.34. The van der Waals surface area contributed by atoms with Crippen LogP contribution in [0.1, 0.15) is 35.3 Å². The van der Waals surface area contributed by atoms with Crippen LogP contribution in [0, 0.1) is 11.6 Å². The lowest BCUT2D eigenvalue weighted by Crippen LogP contribution is -2.42. The molecular formula is C21H19F2N5O2. The average Bonchev–Trinajstić information content (AvgIpc) is 2.69. The molecule has 0 atom stereocenters. The zero-order valence-electron chi connectivity index (χ0n) is 15.9. The number of carbonyl (C=O) groups excluding carboxylic acids is 1. The molecule has 1 fully saturated rings. The summed E-state index contributed by atoms with van der Waals surface area (Å²) in [5, 5.41) is 20.9. The highest BCUT2D eigenvalue weighted by molar-refractivity contribution is 5.96. The van der Waals surface area contributed by atoms with Gasteiger partial charge in [-0.05, 0) is 43.2 Å². The second kappa shape index (κ2) is 7.66. The van der Waals surface area contributed by atoms with Gasteiger partial charge in [0.2, 0.25) is 0 Å². The topological polar surface area (TPSA) is 114 Å². The van der Waals surface area contributed by atoms with Crippen molar-refractivity contribution in [3.63, 3.8) is 0 Å². The number of pyridine rings is 1. The largest absolute Gasteiger partial charge is 0.507 e. The van der Waals surface area contributed by atoms with Crippen LogP contribution in [0.25, 0.3) is 11.3 Å². The Morgan fingerprint density at radius 3 is 2.57 bits per heavy atom. The first-order valence-corrected chi connectivity index (χ1v) is 9.41. The van der Waals surface area contributed by atoms with Crippen molar-refractivity contribution in [2.75, 3.05) is 11.9 Å². The maximum Gasteiger partial charge on any atom is 0.252 e. The van der Waals surface area contributed by atoms with Crippen LogP contribution >= 0.6 is 0 Å². The van der Waals surface area contributed by atoms with Crippen LogP contribution in [0.2, 0.25) is 0 Å². The summed E-state index contributed by atoms with van der Waals surface area (Å²) in [6, 6.07) is 8.06. The van der Waals surface area contributed by atoms with E-state index in [1.54, 1.807) is 18.3 Å². The van der Waals surface area contributed by atoms with Crippen molar-refractivity contribution in [3.8, 4) is 17.0 Å². The van der Waals surface area contributed by atoms with E-state index in [1.807, 2.05) is 0 Å². The number of anilines is 1. The Kier molecular flexibility index (Phi) is 5.03. The molecule has 2 heterocycles. The van der Waals surface area contributed by atoms with E-state index in [1.165, 1.54) is 12.1 Å². The number of primary amides is 1. The number of aromatic nitrogens is 3. The monoisotopic (exact) mass is 411 g/mol. The Balaban J connectivity index is 1.53. The lowest BCUT2D eigenvalue weighted by atomic mass is 9.66. The summed E-state index contributed by atoms with van der Waals surface area (Å²) < 4.78 is 28.4. The lowest BCUT2D eigenvalue weighted by Gasteiger charge is -2.41. The van der Waals surface area contributed by atoms with Crippen LogP contribution in [0.15, 0.2) is 42.6 Å². The van der Waals surface area contributed by atoms with Gasteiger partial charge in [-0.15, -0.1) is 10.2 Å². The molecule has 1 saturated carbocycles. The van der Waals surface area contributed by atoms with Crippen LogP contribution in [0.3, 0.4) is 0 Å². The Morgan fingerprint density at radius 1 is 1.17 bits per heavy atom. The molecule has 3 aromatic rings. The quantitative estimate of drug-likeness (QED) is 0.574. The van der Waals surface area contributed by atoms with Gasteiger partial charge in [-0.25, -0.2) is 8.78 Å². The maximum absolute atomic E-state index is 14.2. The first kappa shape index (κ1) is 19.7. The summed E-state index contributed by atoms with van der Waals surface area (Å²) in [4.78, 5) is 15.6. The van der Waals surface area contributed by atoms with Crippen molar-refractivity contribution in [3.05, 3.63) is 65.5 Å². The minimum Gasteiger partial charge on any atom is -0.507 e. The molecule has 1 amide bonds. The second-order valence-corrected chi connectivity index (χ2v) is 7.34. The third-order valence-corrected chi connectivity index (χ3v) is 5.47. The molecular weight excluding hydrogens is 392 g/mol. The SMILES string of the molecule is NC(=O)c1cc(-c2ccc(NCC3(c4ncccc4F)CCC3)nn2)c(F)cc1O. The van der Waals surface area contributed by atoms with Crippen molar-refractivity contribution in [2.24, 2.45) is 5.73 Å². The van der Waals surface area contributed by atoms with Crippen LogP contribution in [0.4, 0.5) is 14.6 Å². The van der Waals surface area contributed by atoms with Gasteiger partial charge in [0.15, 0.2) is 0 Å². The third-order valence-electron chi connectivity index (χ3n) is 5.47. The summed E-state index contributed by atoms with van der Waals surface area (Å²) >= 11 is 0. The number of hydrogen-bond donors (Lipinski definition) is 3. The van der Waals surface area contributed by atoms with E-state index in [9.17, 15) is 18.7 Å². The Morgan fingerprint density at radius 2 is 1.97 bits per heavy atom. The summed E-state index contributed by atoms with van der Waals surface area (Å²) in [5.41, 5.74) is 5.20. The van der Waals surface area contributed by atoms with E-state index in [0.717, 1.165) is 31.4 Å². The zero-order chi connectivity index (χ0) is 21.3. The van der Waals surface area contributed by atoms with Gasteiger partial charge in [-0.1, -0.05) is 6.42 Å². The molecule has 0 radical (unpaired) electrons. The van der Waals surface area contributed by atoms with Gasteiger partial charge in [0.25, 0.3) is 5.91 Å². The lowest BCUT2D eigenvalue weighted by molar-refractivity contribution is 0.0997. The number of halogens is 2. The van der Waals surface area contributed by atoms with Gasteiger partial charge in [0, 0.05) is 29.8 Å². The Labute approximate surface area is 171 Å². The van der Waals surface area contributed by atoms with E-state index < -0.39 is 22.9 Å². The van der Waals surface area contributed by atoms with E-state index in [2.05, 4.69) is 20.5 Å². The number of rotatable bonds is 6. The zero-order valence-corrected chi connectivity index (χ0v) is 15.9. The number of hydrogen-bond acceptors (Lipinski definition) is 6. The highest BCUT2D eigenvalue weighted by atomic mass is 19.1. The average molecular weight is 411 g/mol. The predicted octanol–water partition coefficient (Wildman–Crippen LogP) is 3.16. The standard InChI is InChI=1S/C21H19F2N5O2/c22-14-3-1-8-25-19(14)21(6-2-7-21)11-26-18-5-4-16(27-28-18)12-9-13(20(24)30)17(29)10-15(12)23/h1,3-5,8-10,29H,2,6-7,11H2,(H2,24,30)(H,26,28). The fourth-order valence-electron chi connectivity index (χ4n) is 3.66. The third kappa shape index (κ3) is 3.54. The maximum atomic E-state index is 14.2. The van der Waals surface area contributed by atoms with Crippen molar-refractivity contribution in [1.29, 1.82) is 0 Å². The number of phenols is 1. The smallest absolute Gasteiger partial charge is 0.252 e. The van der Waals surface area contributed by atoms with Gasteiger partial charge in [0.1, 0.15) is 23.2 Å². The van der Waals surface area contributed by atoms with E-state index in [0.29, 0.717) is 18.1 Å². The number of aromatic hydroxyl groups is 1. The van der Waals surface area contributed by atoms with Crippen molar-refractivity contribution < 1.29 is 18.7 Å². The molecule has 4 rings (SSSR count). The van der Waals surface area contributed by atoms with Crippen LogP contribution < -0.4 is 11.1 Å². The highest BCUT2D eigenvalue weighted by Crippen LogP contribution is 2.43. The molecule has 7 nitrogen and oxygen atoms in total. The minimum atomic E-state index is -0.882. The summed E-state index contributed by atoms with van der Waals surface area (Å²) in [6.45, 7) is 0.439. The molecule has 1 aliphatic carbocycles. The van der Waals surface area contributed by atoms with E-state index in [4.69, 9.17) is 5.73 Å². The fourth-order valence-corrected chi connectivity index (χ4v) is 3.66. The normalized spacial score (nSPS) is 14.7. The van der Waals surface area contributed by atoms with Gasteiger partial charge >= 0.3 is 0 Å². The molecule has 1 aliphatic rings. The number of amides is 1. The molecule has 0 saturated heterocycles. The molecule has 154 valence electrons. The number of nitrogens with one attached hydrogen (secondary N) is 1. The highest BCUT2D eigenvalue weighted by Gasteiger charge is 2.41. The van der Waals surface area contributed by atoms with Crippen LogP contribution in [-0.4, -0.2) is 32.7 Å². The molecule has 0 bridgehead atoms. The first-order chi connectivity index (χ1) is 14.4. The van der Waals surface area contributed by atoms with Gasteiger partial charge in [0.05, 0.1) is 17.0 Å². The first-order valence-electron chi connectivity index (χ1n) is 9.41.